The summed E-state index contributed by atoms with van der Waals surface area (Å²) in [6, 6.07) is 3.79. The molecule has 8 nitrogen and oxygen atoms in total. The molecule has 0 unspecified atom stereocenters. The van der Waals surface area contributed by atoms with E-state index < -0.39 is 5.60 Å². The lowest BCUT2D eigenvalue weighted by atomic mass is 9.85. The number of aromatic nitrogens is 3. The van der Waals surface area contributed by atoms with E-state index in [4.69, 9.17) is 0 Å². The molecular weight excluding hydrogens is 406 g/mol. The summed E-state index contributed by atoms with van der Waals surface area (Å²) < 4.78 is 2.07. The zero-order chi connectivity index (χ0) is 22.5. The second-order valence-electron chi connectivity index (χ2n) is 10.5. The molecule has 1 aliphatic heterocycles. The van der Waals surface area contributed by atoms with E-state index in [2.05, 4.69) is 39.2 Å². The second kappa shape index (κ2) is 7.69. The van der Waals surface area contributed by atoms with Gasteiger partial charge in [-0.05, 0) is 61.6 Å². The molecule has 0 bridgehead atoms. The maximum atomic E-state index is 12.9. The van der Waals surface area contributed by atoms with Crippen LogP contribution in [-0.2, 0) is 22.6 Å². The lowest BCUT2D eigenvalue weighted by Gasteiger charge is -2.29. The predicted octanol–water partition coefficient (Wildman–Crippen LogP) is 2.67. The highest BCUT2D eigenvalue weighted by atomic mass is 16.3. The summed E-state index contributed by atoms with van der Waals surface area (Å²) in [5.74, 6) is -0.0207. The van der Waals surface area contributed by atoms with E-state index in [9.17, 15) is 14.7 Å². The number of rotatable bonds is 5. The van der Waals surface area contributed by atoms with Crippen LogP contribution in [0.15, 0.2) is 24.5 Å². The molecule has 2 amide bonds. The van der Waals surface area contributed by atoms with Gasteiger partial charge in [0, 0.05) is 36.0 Å². The number of anilines is 1. The van der Waals surface area contributed by atoms with Gasteiger partial charge in [-0.1, -0.05) is 20.3 Å². The number of fused-ring (bicyclic) bond motifs is 1. The van der Waals surface area contributed by atoms with Crippen LogP contribution in [0.2, 0.25) is 0 Å². The standard InChI is InChI=1S/C24H31N5O3/c1-23(2)12-19-18(13-26-29(19)14-23)15-6-9-25-20(11-15)28-21(30)16-4-3-5-17(10-16)27-22(31)24(32)7-8-24/h6,9,11,13,16-17,32H,3-5,7-8,10,12,14H2,1-2H3,(H,27,31)(H,25,28,30)/t16-,17-/m1/s1. The summed E-state index contributed by atoms with van der Waals surface area (Å²) in [5.41, 5.74) is 2.34. The van der Waals surface area contributed by atoms with E-state index in [1.54, 1.807) is 6.20 Å². The number of carbonyl (C=O) groups excluding carboxylic acids is 2. The third-order valence-corrected chi connectivity index (χ3v) is 7.02. The molecule has 0 aromatic carbocycles. The fraction of sp³-hybridized carbons (Fsp3) is 0.583. The van der Waals surface area contributed by atoms with Crippen LogP contribution >= 0.6 is 0 Å². The molecule has 3 N–H and O–H groups in total. The molecule has 8 heteroatoms. The van der Waals surface area contributed by atoms with Gasteiger partial charge in [-0.2, -0.15) is 5.10 Å². The highest BCUT2D eigenvalue weighted by molar-refractivity contribution is 5.92. The molecule has 2 fully saturated rings. The zero-order valence-electron chi connectivity index (χ0n) is 18.7. The van der Waals surface area contributed by atoms with E-state index in [1.165, 1.54) is 5.69 Å². The number of amides is 2. The van der Waals surface area contributed by atoms with Crippen molar-refractivity contribution in [3.8, 4) is 11.1 Å². The van der Waals surface area contributed by atoms with Gasteiger partial charge in [-0.3, -0.25) is 14.3 Å². The van der Waals surface area contributed by atoms with E-state index >= 15 is 0 Å². The molecule has 3 aliphatic rings. The number of hydrogen-bond donors (Lipinski definition) is 3. The van der Waals surface area contributed by atoms with Gasteiger partial charge >= 0.3 is 0 Å². The number of aliphatic hydroxyl groups is 1. The Morgan fingerprint density at radius 3 is 2.84 bits per heavy atom. The van der Waals surface area contributed by atoms with Crippen LogP contribution in [-0.4, -0.2) is 43.3 Å². The van der Waals surface area contributed by atoms with Crippen molar-refractivity contribution in [2.24, 2.45) is 11.3 Å². The van der Waals surface area contributed by atoms with Crippen molar-refractivity contribution >= 4 is 17.6 Å². The van der Waals surface area contributed by atoms with Crippen LogP contribution in [0.25, 0.3) is 11.1 Å². The lowest BCUT2D eigenvalue weighted by Crippen LogP contribution is -2.45. The van der Waals surface area contributed by atoms with Gasteiger partial charge in [-0.25, -0.2) is 4.98 Å². The SMILES string of the molecule is CC1(C)Cc2c(-c3ccnc(NC(=O)[C@@H]4CCC[C@@H](NC(=O)C5(O)CC5)C4)c3)cnn2C1. The first kappa shape index (κ1) is 21.1. The summed E-state index contributed by atoms with van der Waals surface area (Å²) in [7, 11) is 0. The third-order valence-electron chi connectivity index (χ3n) is 7.02. The molecule has 0 radical (unpaired) electrons. The number of hydrogen-bond acceptors (Lipinski definition) is 5. The van der Waals surface area contributed by atoms with E-state index in [0.717, 1.165) is 43.4 Å². The Morgan fingerprint density at radius 1 is 1.25 bits per heavy atom. The maximum absolute atomic E-state index is 12.9. The molecule has 3 heterocycles. The number of pyridine rings is 1. The fourth-order valence-electron chi connectivity index (χ4n) is 5.01. The highest BCUT2D eigenvalue weighted by Gasteiger charge is 2.48. The molecule has 0 saturated heterocycles. The number of nitrogens with zero attached hydrogens (tertiary/aromatic N) is 3. The average molecular weight is 438 g/mol. The molecule has 5 rings (SSSR count). The van der Waals surface area contributed by atoms with Crippen molar-refractivity contribution in [1.82, 2.24) is 20.1 Å². The third kappa shape index (κ3) is 4.16. The molecule has 170 valence electrons. The van der Waals surface area contributed by atoms with E-state index in [1.807, 2.05) is 18.3 Å². The van der Waals surface area contributed by atoms with Crippen LogP contribution in [0.4, 0.5) is 5.82 Å². The molecule has 32 heavy (non-hydrogen) atoms. The van der Waals surface area contributed by atoms with Gasteiger partial charge in [0.25, 0.3) is 5.91 Å². The molecule has 2 saturated carbocycles. The van der Waals surface area contributed by atoms with Gasteiger partial charge in [0.05, 0.1) is 6.20 Å². The minimum absolute atomic E-state index is 0.0694. The predicted molar refractivity (Wildman–Crippen MR) is 120 cm³/mol. The molecular formula is C24H31N5O3. The molecule has 0 spiro atoms. The van der Waals surface area contributed by atoms with Crippen LogP contribution in [0.5, 0.6) is 0 Å². The van der Waals surface area contributed by atoms with Crippen molar-refractivity contribution < 1.29 is 14.7 Å². The molecule has 2 atom stereocenters. The Hall–Kier alpha value is -2.74. The summed E-state index contributed by atoms with van der Waals surface area (Å²) in [4.78, 5) is 29.5. The van der Waals surface area contributed by atoms with E-state index in [-0.39, 0.29) is 29.2 Å². The Labute approximate surface area is 187 Å². The summed E-state index contributed by atoms with van der Waals surface area (Å²) >= 11 is 0. The second-order valence-corrected chi connectivity index (χ2v) is 10.5. The lowest BCUT2D eigenvalue weighted by molar-refractivity contribution is -0.133. The minimum atomic E-state index is -1.18. The Kier molecular flexibility index (Phi) is 5.08. The Morgan fingerprint density at radius 2 is 2.06 bits per heavy atom. The summed E-state index contributed by atoms with van der Waals surface area (Å²) in [5, 5.41) is 20.4. The van der Waals surface area contributed by atoms with E-state index in [0.29, 0.717) is 25.1 Å². The zero-order valence-corrected chi connectivity index (χ0v) is 18.7. The van der Waals surface area contributed by atoms with Gasteiger partial charge in [0.1, 0.15) is 11.4 Å². The van der Waals surface area contributed by atoms with Crippen molar-refractivity contribution in [1.29, 1.82) is 0 Å². The van der Waals surface area contributed by atoms with Crippen LogP contribution in [0, 0.1) is 11.3 Å². The first-order valence-corrected chi connectivity index (χ1v) is 11.6. The van der Waals surface area contributed by atoms with Crippen molar-refractivity contribution in [2.75, 3.05) is 5.32 Å². The van der Waals surface area contributed by atoms with Crippen molar-refractivity contribution in [2.45, 2.75) is 77.0 Å². The number of carbonyl (C=O) groups is 2. The van der Waals surface area contributed by atoms with Crippen LogP contribution in [0.1, 0.15) is 58.1 Å². The molecule has 2 aromatic rings. The van der Waals surface area contributed by atoms with Crippen molar-refractivity contribution in [3.63, 3.8) is 0 Å². The normalized spacial score (nSPS) is 25.1. The smallest absolute Gasteiger partial charge is 0.252 e. The Bertz CT molecular complexity index is 1060. The van der Waals surface area contributed by atoms with Gasteiger partial charge in [0.15, 0.2) is 0 Å². The highest BCUT2D eigenvalue weighted by Crippen LogP contribution is 2.38. The quantitative estimate of drug-likeness (QED) is 0.666. The molecule has 2 aliphatic carbocycles. The summed E-state index contributed by atoms with van der Waals surface area (Å²) in [6.07, 6.45) is 8.70. The first-order chi connectivity index (χ1) is 15.2. The first-order valence-electron chi connectivity index (χ1n) is 11.6. The van der Waals surface area contributed by atoms with Gasteiger partial charge in [-0.15, -0.1) is 0 Å². The van der Waals surface area contributed by atoms with Crippen LogP contribution < -0.4 is 10.6 Å². The van der Waals surface area contributed by atoms with Crippen LogP contribution in [0.3, 0.4) is 0 Å². The van der Waals surface area contributed by atoms with Crippen molar-refractivity contribution in [3.05, 3.63) is 30.2 Å². The number of nitrogens with one attached hydrogen (secondary N) is 2. The largest absolute Gasteiger partial charge is 0.380 e. The minimum Gasteiger partial charge on any atom is -0.380 e. The average Bonchev–Trinajstić information content (AvgIpc) is 3.29. The Balaban J connectivity index is 1.24. The maximum Gasteiger partial charge on any atom is 0.252 e. The monoisotopic (exact) mass is 437 g/mol. The van der Waals surface area contributed by atoms with Gasteiger partial charge < -0.3 is 15.7 Å². The topological polar surface area (TPSA) is 109 Å². The fourth-order valence-corrected chi connectivity index (χ4v) is 5.01. The molecule has 2 aromatic heterocycles. The van der Waals surface area contributed by atoms with Gasteiger partial charge in [0.2, 0.25) is 5.91 Å². The summed E-state index contributed by atoms with van der Waals surface area (Å²) in [6.45, 7) is 5.40.